The van der Waals surface area contributed by atoms with Crippen LogP contribution in [0.3, 0.4) is 0 Å². The predicted molar refractivity (Wildman–Crippen MR) is 38.9 cm³/mol. The highest BCUT2D eigenvalue weighted by molar-refractivity contribution is 4.95. The molecule has 0 aliphatic heterocycles. The Hall–Kier alpha value is -0.260. The Morgan fingerprint density at radius 1 is 1.62 bits per heavy atom. The van der Waals surface area contributed by atoms with Gasteiger partial charge in [0.2, 0.25) is 0 Å². The molecule has 1 unspecified atom stereocenters. The van der Waals surface area contributed by atoms with Gasteiger partial charge in [0, 0.05) is 0 Å². The van der Waals surface area contributed by atoms with E-state index in [-0.39, 0.29) is 7.43 Å². The zero-order valence-corrected chi connectivity index (χ0v) is 4.85. The van der Waals surface area contributed by atoms with Gasteiger partial charge in [-0.05, 0) is 25.2 Å². The van der Waals surface area contributed by atoms with Gasteiger partial charge in [-0.15, -0.1) is 0 Å². The third-order valence-electron chi connectivity index (χ3n) is 1.64. The Morgan fingerprint density at radius 2 is 2.38 bits per heavy atom. The molecule has 0 radical (unpaired) electrons. The molecule has 0 amide bonds. The van der Waals surface area contributed by atoms with Gasteiger partial charge in [-0.2, -0.15) is 0 Å². The van der Waals surface area contributed by atoms with Gasteiger partial charge in [0.15, 0.2) is 0 Å². The van der Waals surface area contributed by atoms with Crippen LogP contribution < -0.4 is 0 Å². The molecule has 0 nitrogen and oxygen atoms in total. The third kappa shape index (κ3) is 1.69. The number of allylic oxidation sites excluding steroid dienone is 2. The van der Waals surface area contributed by atoms with E-state index in [0.717, 1.165) is 5.92 Å². The highest BCUT2D eigenvalue weighted by atomic mass is 14.1. The molecule has 0 saturated carbocycles. The quantitative estimate of drug-likeness (QED) is 0.457. The van der Waals surface area contributed by atoms with Crippen LogP contribution >= 0.6 is 0 Å². The average Bonchev–Trinajstić information content (AvgIpc) is 2.14. The zero-order valence-electron chi connectivity index (χ0n) is 4.85. The molecule has 0 aromatic rings. The van der Waals surface area contributed by atoms with Crippen molar-refractivity contribution in [2.75, 3.05) is 0 Å². The molecule has 0 N–H and O–H groups in total. The van der Waals surface area contributed by atoms with Crippen LogP contribution in [0.15, 0.2) is 12.2 Å². The number of hydrogen-bond donors (Lipinski definition) is 0. The summed E-state index contributed by atoms with van der Waals surface area (Å²) in [6.07, 6.45) is 8.67. The van der Waals surface area contributed by atoms with Gasteiger partial charge in [-0.25, -0.2) is 0 Å². The maximum Gasteiger partial charge on any atom is -0.0233 e. The van der Waals surface area contributed by atoms with Crippen LogP contribution in [0.4, 0.5) is 0 Å². The minimum Gasteiger partial charge on any atom is -0.0882 e. The van der Waals surface area contributed by atoms with Crippen LogP contribution in [0.25, 0.3) is 0 Å². The van der Waals surface area contributed by atoms with E-state index in [9.17, 15) is 0 Å². The van der Waals surface area contributed by atoms with Crippen LogP contribution in [0, 0.1) is 5.92 Å². The Bertz CT molecular complexity index is 72.1. The molecule has 0 bridgehead atoms. The molecule has 1 aliphatic rings. The monoisotopic (exact) mass is 112 g/mol. The van der Waals surface area contributed by atoms with Crippen molar-refractivity contribution in [3.63, 3.8) is 0 Å². The molecule has 1 aliphatic carbocycles. The lowest BCUT2D eigenvalue weighted by Gasteiger charge is -1.97. The SMILES string of the molecule is C.CCC1C=CCC1. The van der Waals surface area contributed by atoms with Gasteiger partial charge in [-0.1, -0.05) is 26.5 Å². The molecule has 0 aromatic carbocycles. The summed E-state index contributed by atoms with van der Waals surface area (Å²) in [5, 5.41) is 0. The van der Waals surface area contributed by atoms with E-state index in [1.807, 2.05) is 0 Å². The first kappa shape index (κ1) is 7.74. The van der Waals surface area contributed by atoms with Crippen molar-refractivity contribution >= 4 is 0 Å². The Morgan fingerprint density at radius 3 is 2.62 bits per heavy atom. The lowest BCUT2D eigenvalue weighted by atomic mass is 10.1. The van der Waals surface area contributed by atoms with E-state index in [1.165, 1.54) is 19.3 Å². The maximum absolute atomic E-state index is 2.33. The van der Waals surface area contributed by atoms with Crippen molar-refractivity contribution in [1.29, 1.82) is 0 Å². The highest BCUT2D eigenvalue weighted by Crippen LogP contribution is 2.18. The molecule has 0 fully saturated rings. The zero-order chi connectivity index (χ0) is 5.11. The lowest BCUT2D eigenvalue weighted by molar-refractivity contribution is 0.612. The second-order valence-corrected chi connectivity index (χ2v) is 2.17. The molecule has 0 heteroatoms. The fraction of sp³-hybridized carbons (Fsp3) is 0.750. The van der Waals surface area contributed by atoms with Crippen molar-refractivity contribution < 1.29 is 0 Å². The molecule has 1 atom stereocenters. The van der Waals surface area contributed by atoms with Gasteiger partial charge in [0.1, 0.15) is 0 Å². The summed E-state index contributed by atoms with van der Waals surface area (Å²) >= 11 is 0. The molecule has 8 heavy (non-hydrogen) atoms. The predicted octanol–water partition coefficient (Wildman–Crippen LogP) is 3.00. The third-order valence-corrected chi connectivity index (χ3v) is 1.64. The van der Waals surface area contributed by atoms with Crippen LogP contribution in [0.5, 0.6) is 0 Å². The summed E-state index contributed by atoms with van der Waals surface area (Å²) in [5.74, 6) is 0.917. The molecular weight excluding hydrogens is 96.1 g/mol. The fourth-order valence-corrected chi connectivity index (χ4v) is 1.04. The second kappa shape index (κ2) is 3.71. The molecular formula is C8H16. The van der Waals surface area contributed by atoms with E-state index < -0.39 is 0 Å². The first-order valence-corrected chi connectivity index (χ1v) is 3.10. The summed E-state index contributed by atoms with van der Waals surface area (Å²) in [6, 6.07) is 0. The van der Waals surface area contributed by atoms with Gasteiger partial charge < -0.3 is 0 Å². The lowest BCUT2D eigenvalue weighted by Crippen LogP contribution is -1.84. The minimum atomic E-state index is 0. The summed E-state index contributed by atoms with van der Waals surface area (Å²) in [4.78, 5) is 0. The fourth-order valence-electron chi connectivity index (χ4n) is 1.04. The van der Waals surface area contributed by atoms with Crippen LogP contribution in [-0.4, -0.2) is 0 Å². The average molecular weight is 112 g/mol. The van der Waals surface area contributed by atoms with Gasteiger partial charge in [-0.3, -0.25) is 0 Å². The van der Waals surface area contributed by atoms with Crippen LogP contribution in [-0.2, 0) is 0 Å². The van der Waals surface area contributed by atoms with Gasteiger partial charge >= 0.3 is 0 Å². The highest BCUT2D eigenvalue weighted by Gasteiger charge is 2.03. The van der Waals surface area contributed by atoms with E-state index in [1.54, 1.807) is 0 Å². The summed E-state index contributed by atoms with van der Waals surface area (Å²) in [5.41, 5.74) is 0. The van der Waals surface area contributed by atoms with Crippen molar-refractivity contribution in [1.82, 2.24) is 0 Å². The smallest absolute Gasteiger partial charge is 0.0233 e. The number of hydrogen-bond acceptors (Lipinski definition) is 0. The van der Waals surface area contributed by atoms with E-state index >= 15 is 0 Å². The second-order valence-electron chi connectivity index (χ2n) is 2.17. The Kier molecular flexibility index (Phi) is 3.59. The Balaban J connectivity index is 0.000000490. The molecule has 0 spiro atoms. The van der Waals surface area contributed by atoms with Crippen molar-refractivity contribution in [3.8, 4) is 0 Å². The molecule has 0 aromatic heterocycles. The normalized spacial score (nSPS) is 25.4. The first-order chi connectivity index (χ1) is 3.43. The van der Waals surface area contributed by atoms with Crippen molar-refractivity contribution in [2.24, 2.45) is 5.92 Å². The standard InChI is InChI=1S/C7H12.CH4/c1-2-7-5-3-4-6-7;/h3,5,7H,2,4,6H2,1H3;1H4. The van der Waals surface area contributed by atoms with E-state index in [4.69, 9.17) is 0 Å². The topological polar surface area (TPSA) is 0 Å². The van der Waals surface area contributed by atoms with Crippen LogP contribution in [0.1, 0.15) is 33.6 Å². The van der Waals surface area contributed by atoms with Crippen LogP contribution in [0.2, 0.25) is 0 Å². The number of rotatable bonds is 1. The van der Waals surface area contributed by atoms with E-state index in [2.05, 4.69) is 19.1 Å². The molecule has 48 valence electrons. The molecule has 1 rings (SSSR count). The van der Waals surface area contributed by atoms with E-state index in [0.29, 0.717) is 0 Å². The summed E-state index contributed by atoms with van der Waals surface area (Å²) in [7, 11) is 0. The maximum atomic E-state index is 2.33. The summed E-state index contributed by atoms with van der Waals surface area (Å²) in [6.45, 7) is 2.25. The Labute approximate surface area is 52.6 Å². The molecule has 0 saturated heterocycles. The van der Waals surface area contributed by atoms with Crippen molar-refractivity contribution in [3.05, 3.63) is 12.2 Å². The summed E-state index contributed by atoms with van der Waals surface area (Å²) < 4.78 is 0. The minimum absolute atomic E-state index is 0. The van der Waals surface area contributed by atoms with Gasteiger partial charge in [0.25, 0.3) is 0 Å². The largest absolute Gasteiger partial charge is 0.0882 e. The first-order valence-electron chi connectivity index (χ1n) is 3.10. The molecule has 0 heterocycles. The van der Waals surface area contributed by atoms with Gasteiger partial charge in [0.05, 0.1) is 0 Å². The van der Waals surface area contributed by atoms with Crippen molar-refractivity contribution in [2.45, 2.75) is 33.6 Å².